The maximum Gasteiger partial charge on any atom is 0.221 e. The molecule has 0 saturated carbocycles. The van der Waals surface area contributed by atoms with Crippen LogP contribution in [0.2, 0.25) is 0 Å². The van der Waals surface area contributed by atoms with Crippen molar-refractivity contribution in [3.8, 4) is 0 Å². The summed E-state index contributed by atoms with van der Waals surface area (Å²) in [5.41, 5.74) is 0.868. The number of carbonyl (C=O) groups excluding carboxylic acids is 1. The van der Waals surface area contributed by atoms with Crippen molar-refractivity contribution >= 4 is 43.9 Å². The van der Waals surface area contributed by atoms with Crippen LogP contribution in [0.3, 0.4) is 0 Å². The summed E-state index contributed by atoms with van der Waals surface area (Å²) in [4.78, 5) is 11.5. The van der Waals surface area contributed by atoms with Crippen molar-refractivity contribution in [2.75, 3.05) is 5.32 Å². The summed E-state index contributed by atoms with van der Waals surface area (Å²) in [5, 5.41) is 10.1. The topological polar surface area (TPSA) is 29.1 Å². The van der Waals surface area contributed by atoms with Crippen LogP contribution in [0.5, 0.6) is 0 Å². The summed E-state index contributed by atoms with van der Waals surface area (Å²) in [5.74, 6) is -0.0512. The molecule has 1 N–H and O–H groups in total. The number of hydrogen-bond acceptors (Lipinski definition) is 1. The van der Waals surface area contributed by atoms with Gasteiger partial charge in [0, 0.05) is 18.0 Å². The summed E-state index contributed by atoms with van der Waals surface area (Å²) in [6, 6.07) is 22.9. The third-order valence-electron chi connectivity index (χ3n) is 4.08. The van der Waals surface area contributed by atoms with E-state index < -0.39 is 0 Å². The Morgan fingerprint density at radius 1 is 0.682 bits per heavy atom. The van der Waals surface area contributed by atoms with Crippen LogP contribution < -0.4 is 5.32 Å². The van der Waals surface area contributed by atoms with Gasteiger partial charge in [0.2, 0.25) is 5.91 Å². The Labute approximate surface area is 128 Å². The van der Waals surface area contributed by atoms with Crippen molar-refractivity contribution in [3.63, 3.8) is 0 Å². The molecule has 0 aliphatic carbocycles. The lowest BCUT2D eigenvalue weighted by Gasteiger charge is -2.13. The van der Waals surface area contributed by atoms with Crippen molar-refractivity contribution in [2.24, 2.45) is 0 Å². The smallest absolute Gasteiger partial charge is 0.221 e. The molecule has 22 heavy (non-hydrogen) atoms. The fraction of sp³-hybridized carbons (Fsp3) is 0.0500. The normalized spacial score (nSPS) is 11.1. The molecule has 0 fully saturated rings. The molecule has 0 aromatic heterocycles. The zero-order chi connectivity index (χ0) is 15.1. The van der Waals surface area contributed by atoms with Gasteiger partial charge < -0.3 is 5.32 Å². The van der Waals surface area contributed by atoms with Crippen LogP contribution in [-0.4, -0.2) is 5.91 Å². The molecule has 0 spiro atoms. The average molecular weight is 285 g/mol. The molecule has 2 nitrogen and oxygen atoms in total. The van der Waals surface area contributed by atoms with Gasteiger partial charge in [-0.05, 0) is 33.0 Å². The summed E-state index contributed by atoms with van der Waals surface area (Å²) in [6.45, 7) is 1.54. The Hall–Kier alpha value is -2.87. The molecule has 0 radical (unpaired) electrons. The summed E-state index contributed by atoms with van der Waals surface area (Å²) >= 11 is 0. The maximum atomic E-state index is 11.5. The maximum absolute atomic E-state index is 11.5. The molecule has 4 aromatic rings. The Bertz CT molecular complexity index is 989. The van der Waals surface area contributed by atoms with E-state index in [0.717, 1.165) is 11.1 Å². The number of carbonyl (C=O) groups is 1. The second-order valence-corrected chi connectivity index (χ2v) is 5.50. The predicted octanol–water partition coefficient (Wildman–Crippen LogP) is 5.10. The van der Waals surface area contributed by atoms with E-state index in [1.165, 1.54) is 26.9 Å². The van der Waals surface area contributed by atoms with E-state index in [1.807, 2.05) is 18.2 Å². The molecule has 106 valence electrons. The Morgan fingerprint density at radius 3 is 1.68 bits per heavy atom. The largest absolute Gasteiger partial charge is 0.326 e. The highest BCUT2D eigenvalue weighted by Crippen LogP contribution is 2.38. The lowest BCUT2D eigenvalue weighted by atomic mass is 9.93. The van der Waals surface area contributed by atoms with Gasteiger partial charge in [0.15, 0.2) is 0 Å². The van der Waals surface area contributed by atoms with Crippen LogP contribution in [-0.2, 0) is 4.79 Å². The van der Waals surface area contributed by atoms with Gasteiger partial charge in [0.25, 0.3) is 0 Å². The van der Waals surface area contributed by atoms with E-state index in [2.05, 4.69) is 53.8 Å². The second kappa shape index (κ2) is 4.85. The first-order valence-electron chi connectivity index (χ1n) is 7.35. The van der Waals surface area contributed by atoms with Crippen molar-refractivity contribution in [3.05, 3.63) is 66.7 Å². The van der Waals surface area contributed by atoms with Gasteiger partial charge in [-0.25, -0.2) is 0 Å². The van der Waals surface area contributed by atoms with E-state index in [1.54, 1.807) is 6.92 Å². The van der Waals surface area contributed by atoms with Gasteiger partial charge in [-0.15, -0.1) is 0 Å². The summed E-state index contributed by atoms with van der Waals surface area (Å²) in [7, 11) is 0. The molecule has 0 aliphatic rings. The van der Waals surface area contributed by atoms with Crippen molar-refractivity contribution in [1.82, 2.24) is 0 Å². The SMILES string of the molecule is CC(=O)Nc1cccc2c3ccccc3c3ccccc3c12. The van der Waals surface area contributed by atoms with Crippen LogP contribution in [0.25, 0.3) is 32.3 Å². The minimum Gasteiger partial charge on any atom is -0.326 e. The standard InChI is InChI=1S/C20H15NO/c1-13(22)21-19-12-6-11-18-16-8-3-2-7-14(16)15-9-4-5-10-17(15)20(18)19/h2-12H,1H3,(H,21,22). The third-order valence-corrected chi connectivity index (χ3v) is 4.08. The second-order valence-electron chi connectivity index (χ2n) is 5.50. The van der Waals surface area contributed by atoms with Gasteiger partial charge in [0.05, 0.1) is 0 Å². The third kappa shape index (κ3) is 1.85. The molecule has 0 bridgehead atoms. The van der Waals surface area contributed by atoms with Crippen LogP contribution in [0.4, 0.5) is 5.69 Å². The molecule has 4 rings (SSSR count). The number of nitrogens with one attached hydrogen (secondary N) is 1. The van der Waals surface area contributed by atoms with Gasteiger partial charge in [0.1, 0.15) is 0 Å². The van der Waals surface area contributed by atoms with Crippen molar-refractivity contribution in [2.45, 2.75) is 6.92 Å². The molecule has 2 heteroatoms. The Kier molecular flexibility index (Phi) is 2.83. The quantitative estimate of drug-likeness (QED) is 0.484. The van der Waals surface area contributed by atoms with Crippen LogP contribution >= 0.6 is 0 Å². The van der Waals surface area contributed by atoms with Gasteiger partial charge in [-0.2, -0.15) is 0 Å². The van der Waals surface area contributed by atoms with E-state index in [-0.39, 0.29) is 5.91 Å². The number of anilines is 1. The van der Waals surface area contributed by atoms with E-state index >= 15 is 0 Å². The summed E-state index contributed by atoms with van der Waals surface area (Å²) in [6.07, 6.45) is 0. The number of fused-ring (bicyclic) bond motifs is 6. The van der Waals surface area contributed by atoms with Crippen molar-refractivity contribution in [1.29, 1.82) is 0 Å². The monoisotopic (exact) mass is 285 g/mol. The highest BCUT2D eigenvalue weighted by molar-refractivity contribution is 6.28. The van der Waals surface area contributed by atoms with Crippen LogP contribution in [0, 0.1) is 0 Å². The number of benzene rings is 4. The Morgan fingerprint density at radius 2 is 1.14 bits per heavy atom. The van der Waals surface area contributed by atoms with E-state index in [0.29, 0.717) is 0 Å². The zero-order valence-electron chi connectivity index (χ0n) is 12.3. The first-order valence-corrected chi connectivity index (χ1v) is 7.35. The van der Waals surface area contributed by atoms with Gasteiger partial charge >= 0.3 is 0 Å². The fourth-order valence-corrected chi connectivity index (χ4v) is 3.25. The molecular weight excluding hydrogens is 270 g/mol. The first kappa shape index (κ1) is 12.8. The lowest BCUT2D eigenvalue weighted by molar-refractivity contribution is -0.114. The average Bonchev–Trinajstić information content (AvgIpc) is 2.54. The molecule has 4 aromatic carbocycles. The molecule has 1 amide bonds. The first-order chi connectivity index (χ1) is 10.8. The fourth-order valence-electron chi connectivity index (χ4n) is 3.25. The molecule has 0 saturated heterocycles. The minimum absolute atomic E-state index is 0.0512. The lowest BCUT2D eigenvalue weighted by Crippen LogP contribution is -2.06. The van der Waals surface area contributed by atoms with Gasteiger partial charge in [-0.3, -0.25) is 4.79 Å². The summed E-state index contributed by atoms with van der Waals surface area (Å²) < 4.78 is 0. The number of amides is 1. The predicted molar refractivity (Wildman–Crippen MR) is 93.3 cm³/mol. The molecule has 0 unspecified atom stereocenters. The highest BCUT2D eigenvalue weighted by Gasteiger charge is 2.11. The van der Waals surface area contributed by atoms with Crippen molar-refractivity contribution < 1.29 is 4.79 Å². The molecule has 0 aliphatic heterocycles. The Balaban J connectivity index is 2.30. The van der Waals surface area contributed by atoms with E-state index in [4.69, 9.17) is 0 Å². The molecule has 0 heterocycles. The number of hydrogen-bond donors (Lipinski definition) is 1. The van der Waals surface area contributed by atoms with Crippen LogP contribution in [0.1, 0.15) is 6.92 Å². The zero-order valence-corrected chi connectivity index (χ0v) is 12.3. The van der Waals surface area contributed by atoms with Crippen LogP contribution in [0.15, 0.2) is 66.7 Å². The number of rotatable bonds is 1. The minimum atomic E-state index is -0.0512. The molecule has 0 atom stereocenters. The van der Waals surface area contributed by atoms with E-state index in [9.17, 15) is 4.79 Å². The highest BCUT2D eigenvalue weighted by atomic mass is 16.1. The van der Waals surface area contributed by atoms with Gasteiger partial charge in [-0.1, -0.05) is 60.7 Å². The molecular formula is C20H15NO.